The van der Waals surface area contributed by atoms with E-state index in [-0.39, 0.29) is 28.6 Å². The van der Waals surface area contributed by atoms with Gasteiger partial charge in [-0.1, -0.05) is 0 Å². The third-order valence-electron chi connectivity index (χ3n) is 4.72. The van der Waals surface area contributed by atoms with Crippen molar-refractivity contribution < 1.29 is 36.7 Å². The van der Waals surface area contributed by atoms with Crippen molar-refractivity contribution in [2.24, 2.45) is 0 Å². The van der Waals surface area contributed by atoms with Gasteiger partial charge in [0.1, 0.15) is 16.6 Å². The van der Waals surface area contributed by atoms with Crippen molar-refractivity contribution in [1.29, 1.82) is 0 Å². The fraction of sp³-hybridized carbons (Fsp3) is 0.350. The number of halogens is 1. The van der Waals surface area contributed by atoms with E-state index in [9.17, 15) is 27.2 Å². The summed E-state index contributed by atoms with van der Waals surface area (Å²) < 4.78 is 47.9. The highest BCUT2D eigenvalue weighted by molar-refractivity contribution is 7.92. The molecular weight excluding hydrogens is 463 g/mol. The number of hydrogen-bond donors (Lipinski definition) is 1. The summed E-state index contributed by atoms with van der Waals surface area (Å²) in [5.41, 5.74) is 0.800. The summed E-state index contributed by atoms with van der Waals surface area (Å²) in [6, 6.07) is 4.13. The average molecular weight is 485 g/mol. The number of nitrogens with one attached hydrogen (secondary N) is 1. The van der Waals surface area contributed by atoms with Gasteiger partial charge < -0.3 is 19.7 Å². The Hall–Kier alpha value is -2.99. The molecule has 0 saturated heterocycles. The summed E-state index contributed by atoms with van der Waals surface area (Å²) >= 11 is 1.07. The zero-order chi connectivity index (χ0) is 23.5. The van der Waals surface area contributed by atoms with Crippen LogP contribution in [0.15, 0.2) is 29.2 Å². The third-order valence-corrected chi connectivity index (χ3v) is 7.48. The molecule has 3 rings (SSSR count). The largest absolute Gasteiger partial charge is 0.462 e. The van der Waals surface area contributed by atoms with Crippen LogP contribution >= 0.6 is 11.3 Å². The summed E-state index contributed by atoms with van der Waals surface area (Å²) in [7, 11) is -2.76. The number of nitrogens with zero attached hydrogens (tertiary/aromatic N) is 1. The summed E-state index contributed by atoms with van der Waals surface area (Å²) in [6.07, 6.45) is -0.170. The number of amides is 2. The van der Waals surface area contributed by atoms with Crippen LogP contribution in [0.4, 0.5) is 14.2 Å². The molecule has 0 spiro atoms. The second-order valence-electron chi connectivity index (χ2n) is 6.83. The van der Waals surface area contributed by atoms with Gasteiger partial charge in [-0.25, -0.2) is 22.4 Å². The average Bonchev–Trinajstić information content (AvgIpc) is 3.09. The number of sulfone groups is 1. The molecule has 0 atom stereocenters. The van der Waals surface area contributed by atoms with Crippen molar-refractivity contribution in [3.05, 3.63) is 46.1 Å². The van der Waals surface area contributed by atoms with E-state index < -0.39 is 39.4 Å². The molecule has 1 aliphatic heterocycles. The highest BCUT2D eigenvalue weighted by atomic mass is 32.2. The minimum Gasteiger partial charge on any atom is -0.462 e. The molecule has 12 heteroatoms. The van der Waals surface area contributed by atoms with Crippen LogP contribution in [0.3, 0.4) is 0 Å². The molecule has 1 aliphatic rings. The quantitative estimate of drug-likeness (QED) is 0.494. The zero-order valence-corrected chi connectivity index (χ0v) is 19.0. The molecule has 1 aromatic carbocycles. The lowest BCUT2D eigenvalue weighted by atomic mass is 10.0. The maximum Gasteiger partial charge on any atom is 0.409 e. The zero-order valence-electron chi connectivity index (χ0n) is 17.3. The van der Waals surface area contributed by atoms with Crippen molar-refractivity contribution >= 4 is 44.1 Å². The molecular formula is C20H21FN2O7S2. The van der Waals surface area contributed by atoms with Crippen LogP contribution in [-0.4, -0.2) is 57.3 Å². The Labute approximate surface area is 188 Å². The molecule has 0 radical (unpaired) electrons. The molecule has 2 amide bonds. The van der Waals surface area contributed by atoms with Crippen LogP contribution in [-0.2, 0) is 37.1 Å². The van der Waals surface area contributed by atoms with Gasteiger partial charge in [0.15, 0.2) is 9.84 Å². The number of rotatable bonds is 6. The first-order valence-electron chi connectivity index (χ1n) is 9.59. The molecule has 0 fully saturated rings. The number of methoxy groups -OCH3 is 1. The number of fused-ring (bicyclic) bond motifs is 1. The lowest BCUT2D eigenvalue weighted by Crippen LogP contribution is -2.35. The lowest BCUT2D eigenvalue weighted by molar-refractivity contribution is -0.113. The Morgan fingerprint density at radius 2 is 1.91 bits per heavy atom. The van der Waals surface area contributed by atoms with Crippen molar-refractivity contribution in [1.82, 2.24) is 4.90 Å². The minimum atomic E-state index is -4.02. The van der Waals surface area contributed by atoms with Gasteiger partial charge in [-0.2, -0.15) is 0 Å². The molecule has 9 nitrogen and oxygen atoms in total. The SMILES string of the molecule is CCOC(=O)c1c(NC(=O)CS(=O)(=O)c2ccc(F)cc2)sc2c1CCN(C(=O)OC)C2. The maximum atomic E-state index is 13.1. The Bertz CT molecular complexity index is 1140. The number of thiophene rings is 1. The van der Waals surface area contributed by atoms with E-state index in [0.29, 0.717) is 23.4 Å². The van der Waals surface area contributed by atoms with Gasteiger partial charge in [-0.3, -0.25) is 4.79 Å². The molecule has 0 bridgehead atoms. The van der Waals surface area contributed by atoms with Gasteiger partial charge in [0.2, 0.25) is 5.91 Å². The van der Waals surface area contributed by atoms with E-state index in [0.717, 1.165) is 35.6 Å². The predicted molar refractivity (Wildman–Crippen MR) is 114 cm³/mol. The van der Waals surface area contributed by atoms with Gasteiger partial charge in [-0.05, 0) is 43.2 Å². The summed E-state index contributed by atoms with van der Waals surface area (Å²) in [6.45, 7) is 2.26. The highest BCUT2D eigenvalue weighted by Crippen LogP contribution is 2.38. The first kappa shape index (κ1) is 23.7. The lowest BCUT2D eigenvalue weighted by Gasteiger charge is -2.25. The summed E-state index contributed by atoms with van der Waals surface area (Å²) in [5.74, 6) is -2.99. The molecule has 1 aromatic heterocycles. The number of esters is 1. The van der Waals surface area contributed by atoms with Crippen LogP contribution in [0.2, 0.25) is 0 Å². The second-order valence-corrected chi connectivity index (χ2v) is 9.93. The van der Waals surface area contributed by atoms with Crippen molar-refractivity contribution in [2.75, 3.05) is 31.3 Å². The van der Waals surface area contributed by atoms with Gasteiger partial charge >= 0.3 is 12.1 Å². The normalized spacial score (nSPS) is 13.3. The Morgan fingerprint density at radius 3 is 2.53 bits per heavy atom. The van der Waals surface area contributed by atoms with Crippen molar-refractivity contribution in [3.8, 4) is 0 Å². The van der Waals surface area contributed by atoms with E-state index in [2.05, 4.69) is 5.32 Å². The fourth-order valence-corrected chi connectivity index (χ4v) is 5.66. The molecule has 1 N–H and O–H groups in total. The Kier molecular flexibility index (Phi) is 7.14. The summed E-state index contributed by atoms with van der Waals surface area (Å²) in [5, 5.41) is 2.65. The number of anilines is 1. The molecule has 0 unspecified atom stereocenters. The van der Waals surface area contributed by atoms with Crippen LogP contribution in [0.5, 0.6) is 0 Å². The smallest absolute Gasteiger partial charge is 0.409 e. The van der Waals surface area contributed by atoms with Crippen LogP contribution in [0, 0.1) is 5.82 Å². The molecule has 2 aromatic rings. The number of carbonyl (C=O) groups is 3. The fourth-order valence-electron chi connectivity index (χ4n) is 3.26. The molecule has 32 heavy (non-hydrogen) atoms. The van der Waals surface area contributed by atoms with E-state index >= 15 is 0 Å². The third kappa shape index (κ3) is 5.07. The Morgan fingerprint density at radius 1 is 1.22 bits per heavy atom. The molecule has 0 aliphatic carbocycles. The first-order chi connectivity index (χ1) is 15.2. The number of benzene rings is 1. The number of hydrogen-bond acceptors (Lipinski definition) is 8. The van der Waals surface area contributed by atoms with E-state index in [4.69, 9.17) is 9.47 Å². The van der Waals surface area contributed by atoms with E-state index in [1.165, 1.54) is 12.0 Å². The standard InChI is InChI=1S/C20H21FN2O7S2/c1-3-30-19(25)17-14-8-9-23(20(26)29-2)10-15(14)31-18(17)22-16(24)11-32(27,28)13-6-4-12(21)5-7-13/h4-7H,3,8-11H2,1-2H3,(H,22,24). The van der Waals surface area contributed by atoms with E-state index in [1.54, 1.807) is 6.92 Å². The predicted octanol–water partition coefficient (Wildman–Crippen LogP) is 2.60. The molecule has 0 saturated carbocycles. The van der Waals surface area contributed by atoms with Gasteiger partial charge in [0.25, 0.3) is 0 Å². The minimum absolute atomic E-state index is 0.115. The van der Waals surface area contributed by atoms with Gasteiger partial charge in [0.05, 0.1) is 30.7 Å². The summed E-state index contributed by atoms with van der Waals surface area (Å²) in [4.78, 5) is 38.9. The second kappa shape index (κ2) is 9.65. The molecule has 2 heterocycles. The Balaban J connectivity index is 1.86. The monoisotopic (exact) mass is 484 g/mol. The van der Waals surface area contributed by atoms with Crippen LogP contribution in [0.25, 0.3) is 0 Å². The van der Waals surface area contributed by atoms with Crippen LogP contribution < -0.4 is 5.32 Å². The number of carbonyl (C=O) groups excluding carboxylic acids is 3. The van der Waals surface area contributed by atoms with Crippen molar-refractivity contribution in [3.63, 3.8) is 0 Å². The molecule has 172 valence electrons. The van der Waals surface area contributed by atoms with Crippen molar-refractivity contribution in [2.45, 2.75) is 24.8 Å². The van der Waals surface area contributed by atoms with Crippen LogP contribution in [0.1, 0.15) is 27.7 Å². The van der Waals surface area contributed by atoms with Gasteiger partial charge in [0, 0.05) is 11.4 Å². The van der Waals surface area contributed by atoms with Gasteiger partial charge in [-0.15, -0.1) is 11.3 Å². The maximum absolute atomic E-state index is 13.1. The first-order valence-corrected chi connectivity index (χ1v) is 12.1. The van der Waals surface area contributed by atoms with E-state index in [1.807, 2.05) is 0 Å². The topological polar surface area (TPSA) is 119 Å². The highest BCUT2D eigenvalue weighted by Gasteiger charge is 2.32. The number of ether oxygens (including phenoxy) is 2.